The molecule has 24 heavy (non-hydrogen) atoms. The molecule has 2 fully saturated rings. The molecule has 130 valence electrons. The van der Waals surface area contributed by atoms with Gasteiger partial charge in [0, 0.05) is 0 Å². The van der Waals surface area contributed by atoms with E-state index in [1.54, 1.807) is 6.07 Å². The molecule has 0 aromatic heterocycles. The summed E-state index contributed by atoms with van der Waals surface area (Å²) in [5.74, 6) is 3.17. The molecule has 0 atom stereocenters. The van der Waals surface area contributed by atoms with Crippen LogP contribution in [0.2, 0.25) is 0 Å². The van der Waals surface area contributed by atoms with Gasteiger partial charge in [0.05, 0.1) is 13.0 Å². The normalized spacial score (nSPS) is 34.2. The topological polar surface area (TPSA) is 33.0 Å². The van der Waals surface area contributed by atoms with E-state index in [-0.39, 0.29) is 0 Å². The Hall–Kier alpha value is -1.49. The number of ether oxygens (including phenoxy) is 1. The first-order valence-corrected chi connectivity index (χ1v) is 9.81. The molecule has 0 saturated heterocycles. The smallest absolute Gasteiger partial charge is 0.137 e. The minimum absolute atomic E-state index is 0.533. The van der Waals surface area contributed by atoms with Gasteiger partial charge in [0.15, 0.2) is 0 Å². The van der Waals surface area contributed by atoms with Gasteiger partial charge >= 0.3 is 0 Å². The van der Waals surface area contributed by atoms with Gasteiger partial charge < -0.3 is 4.74 Å². The SMILES string of the molecule is [2H]C1(Oc2ccccc2C#N)CCC(C2CCC(CCC)CC2)CC1. The van der Waals surface area contributed by atoms with E-state index in [1.807, 2.05) is 18.2 Å². The average molecular weight is 327 g/mol. The summed E-state index contributed by atoms with van der Waals surface area (Å²) in [4.78, 5) is 0. The molecule has 2 saturated carbocycles. The molecule has 2 nitrogen and oxygen atoms in total. The van der Waals surface area contributed by atoms with Gasteiger partial charge in [-0.25, -0.2) is 0 Å². The van der Waals surface area contributed by atoms with Gasteiger partial charge in [-0.2, -0.15) is 5.26 Å². The van der Waals surface area contributed by atoms with Crippen LogP contribution in [0.5, 0.6) is 5.75 Å². The van der Waals surface area contributed by atoms with Crippen molar-refractivity contribution in [2.75, 3.05) is 0 Å². The van der Waals surface area contributed by atoms with Crippen molar-refractivity contribution in [2.45, 2.75) is 77.2 Å². The number of benzene rings is 1. The van der Waals surface area contributed by atoms with Gasteiger partial charge in [0.25, 0.3) is 0 Å². The Morgan fingerprint density at radius 1 is 1.04 bits per heavy atom. The lowest BCUT2D eigenvalue weighted by Gasteiger charge is -2.38. The fourth-order valence-corrected chi connectivity index (χ4v) is 4.70. The lowest BCUT2D eigenvalue weighted by atomic mass is 9.70. The maximum Gasteiger partial charge on any atom is 0.137 e. The van der Waals surface area contributed by atoms with Crippen molar-refractivity contribution < 1.29 is 6.11 Å². The second-order valence-electron chi connectivity index (χ2n) is 7.66. The van der Waals surface area contributed by atoms with E-state index in [1.165, 1.54) is 38.5 Å². The van der Waals surface area contributed by atoms with Crippen LogP contribution in [0.15, 0.2) is 24.3 Å². The number of rotatable bonds is 5. The fourth-order valence-electron chi connectivity index (χ4n) is 4.70. The largest absolute Gasteiger partial charge is 0.489 e. The van der Waals surface area contributed by atoms with Gasteiger partial charge in [-0.3, -0.25) is 0 Å². The van der Waals surface area contributed by atoms with Crippen LogP contribution >= 0.6 is 0 Å². The van der Waals surface area contributed by atoms with Crippen molar-refractivity contribution in [1.29, 1.82) is 5.26 Å². The van der Waals surface area contributed by atoms with E-state index in [0.717, 1.165) is 43.4 Å². The lowest BCUT2D eigenvalue weighted by molar-refractivity contribution is 0.0913. The lowest BCUT2D eigenvalue weighted by Crippen LogP contribution is -2.30. The van der Waals surface area contributed by atoms with Crippen LogP contribution in [0.1, 0.15) is 78.1 Å². The number of para-hydroxylation sites is 1. The third-order valence-corrected chi connectivity index (χ3v) is 6.10. The molecular weight excluding hydrogens is 294 g/mol. The standard InChI is InChI=1S/C22H31NO/c1-2-5-17-8-10-18(11-9-17)19-12-14-21(15-13-19)24-22-7-4-3-6-20(22)16-23/h3-4,6-7,17-19,21H,2,5,8-15H2,1H3/i21D. The Bertz CT molecular complexity index is 592. The third kappa shape index (κ3) is 4.32. The number of nitriles is 1. The van der Waals surface area contributed by atoms with E-state index < -0.39 is 6.08 Å². The molecule has 1 aromatic rings. The highest BCUT2D eigenvalue weighted by Gasteiger charge is 2.31. The van der Waals surface area contributed by atoms with E-state index >= 15 is 0 Å². The van der Waals surface area contributed by atoms with Crippen LogP contribution in [0.4, 0.5) is 0 Å². The maximum absolute atomic E-state index is 9.21. The molecule has 2 heteroatoms. The molecule has 0 aliphatic heterocycles. The van der Waals surface area contributed by atoms with Crippen LogP contribution in [-0.2, 0) is 0 Å². The molecule has 0 amide bonds. The van der Waals surface area contributed by atoms with Gasteiger partial charge in [-0.1, -0.05) is 44.7 Å². The highest BCUT2D eigenvalue weighted by atomic mass is 16.5. The monoisotopic (exact) mass is 326 g/mol. The minimum atomic E-state index is -0.858. The zero-order valence-electron chi connectivity index (χ0n) is 16.0. The van der Waals surface area contributed by atoms with E-state index in [2.05, 4.69) is 13.0 Å². The first-order valence-electron chi connectivity index (χ1n) is 10.3. The molecule has 1 aromatic carbocycles. The number of hydrogen-bond acceptors (Lipinski definition) is 2. The van der Waals surface area contributed by atoms with Gasteiger partial charge in [0.2, 0.25) is 0 Å². The van der Waals surface area contributed by atoms with Crippen molar-refractivity contribution in [3.8, 4) is 11.8 Å². The summed E-state index contributed by atoms with van der Waals surface area (Å²) in [6, 6.07) is 9.46. The molecule has 0 N–H and O–H groups in total. The maximum atomic E-state index is 9.21. The molecular formula is C22H31NO. The molecule has 0 bridgehead atoms. The van der Waals surface area contributed by atoms with Crippen LogP contribution in [-0.4, -0.2) is 6.08 Å². The molecule has 0 spiro atoms. The summed E-state index contributed by atoms with van der Waals surface area (Å²) in [5.41, 5.74) is 0.533. The molecule has 0 radical (unpaired) electrons. The zero-order chi connectivity index (χ0) is 17.7. The Balaban J connectivity index is 1.52. The predicted octanol–water partition coefficient (Wildman–Crippen LogP) is 6.10. The van der Waals surface area contributed by atoms with Crippen molar-refractivity contribution in [1.82, 2.24) is 0 Å². The van der Waals surface area contributed by atoms with Crippen LogP contribution in [0.3, 0.4) is 0 Å². The predicted molar refractivity (Wildman–Crippen MR) is 97.9 cm³/mol. The molecule has 2 aliphatic carbocycles. The highest BCUT2D eigenvalue weighted by Crippen LogP contribution is 2.41. The molecule has 3 rings (SSSR count). The molecule has 2 aliphatic rings. The van der Waals surface area contributed by atoms with Crippen molar-refractivity contribution in [3.05, 3.63) is 29.8 Å². The summed E-state index contributed by atoms with van der Waals surface area (Å²) >= 11 is 0. The Kier molecular flexibility index (Phi) is 5.71. The van der Waals surface area contributed by atoms with Crippen molar-refractivity contribution in [3.63, 3.8) is 0 Å². The summed E-state index contributed by atoms with van der Waals surface area (Å²) in [6.07, 6.45) is 11.2. The van der Waals surface area contributed by atoms with Crippen molar-refractivity contribution >= 4 is 0 Å². The Morgan fingerprint density at radius 2 is 1.67 bits per heavy atom. The summed E-state index contributed by atoms with van der Waals surface area (Å²) in [7, 11) is 0. The van der Waals surface area contributed by atoms with Crippen LogP contribution in [0.25, 0.3) is 0 Å². The Morgan fingerprint density at radius 3 is 2.29 bits per heavy atom. The second kappa shape index (κ2) is 8.56. The summed E-state index contributed by atoms with van der Waals surface area (Å²) < 4.78 is 14.7. The first kappa shape index (κ1) is 16.0. The summed E-state index contributed by atoms with van der Waals surface area (Å²) in [6.45, 7) is 2.30. The quantitative estimate of drug-likeness (QED) is 0.654. The first-order chi connectivity index (χ1) is 12.1. The fraction of sp³-hybridized carbons (Fsp3) is 0.682. The van der Waals surface area contributed by atoms with Crippen LogP contribution in [0, 0.1) is 29.1 Å². The molecule has 0 unspecified atom stereocenters. The molecule has 0 heterocycles. The van der Waals surface area contributed by atoms with Crippen molar-refractivity contribution in [2.24, 2.45) is 17.8 Å². The average Bonchev–Trinajstić information content (AvgIpc) is 2.64. The van der Waals surface area contributed by atoms with E-state index in [4.69, 9.17) is 6.11 Å². The van der Waals surface area contributed by atoms with Gasteiger partial charge in [-0.15, -0.1) is 0 Å². The van der Waals surface area contributed by atoms with E-state index in [9.17, 15) is 5.26 Å². The van der Waals surface area contributed by atoms with Crippen LogP contribution < -0.4 is 4.74 Å². The third-order valence-electron chi connectivity index (χ3n) is 6.10. The minimum Gasteiger partial charge on any atom is -0.489 e. The number of hydrogen-bond donors (Lipinski definition) is 0. The van der Waals surface area contributed by atoms with Gasteiger partial charge in [0.1, 0.15) is 11.8 Å². The Labute approximate surface area is 148 Å². The van der Waals surface area contributed by atoms with Gasteiger partial charge in [-0.05, 0) is 68.4 Å². The van der Waals surface area contributed by atoms with E-state index in [0.29, 0.717) is 11.3 Å². The second-order valence-corrected chi connectivity index (χ2v) is 7.66. The summed E-state index contributed by atoms with van der Waals surface area (Å²) in [5, 5.41) is 9.21. The number of nitrogens with zero attached hydrogens (tertiary/aromatic N) is 1. The highest BCUT2D eigenvalue weighted by molar-refractivity contribution is 5.42. The zero-order valence-corrected chi connectivity index (χ0v) is 15.0.